The fourth-order valence-corrected chi connectivity index (χ4v) is 3.40. The van der Waals surface area contributed by atoms with E-state index in [1.165, 1.54) is 11.0 Å². The summed E-state index contributed by atoms with van der Waals surface area (Å²) < 4.78 is 13.9. The number of nitrogens with one attached hydrogen (secondary N) is 2. The van der Waals surface area contributed by atoms with E-state index < -0.39 is 5.92 Å². The topological polar surface area (TPSA) is 78.5 Å². The number of halogens is 1. The van der Waals surface area contributed by atoms with Crippen molar-refractivity contribution in [3.63, 3.8) is 0 Å². The van der Waals surface area contributed by atoms with E-state index >= 15 is 0 Å². The Labute approximate surface area is 168 Å². The van der Waals surface area contributed by atoms with E-state index in [-0.39, 0.29) is 42.5 Å². The normalized spacial score (nSPS) is 18.6. The number of amides is 3. The molecular formula is C22H22FN3O3. The minimum Gasteiger partial charge on any atom is -0.349 e. The van der Waals surface area contributed by atoms with Crippen LogP contribution in [0.4, 0.5) is 15.8 Å². The minimum absolute atomic E-state index is 0.0395. The van der Waals surface area contributed by atoms with Gasteiger partial charge < -0.3 is 15.5 Å². The van der Waals surface area contributed by atoms with Crippen molar-refractivity contribution < 1.29 is 18.8 Å². The number of carbonyl (C=O) groups excluding carboxylic acids is 3. The van der Waals surface area contributed by atoms with Crippen LogP contribution in [0.5, 0.6) is 0 Å². The molecule has 0 bridgehead atoms. The second kappa shape index (κ2) is 7.66. The van der Waals surface area contributed by atoms with Crippen molar-refractivity contribution >= 4 is 29.1 Å². The number of anilines is 2. The average molecular weight is 395 g/mol. The summed E-state index contributed by atoms with van der Waals surface area (Å²) in [6, 6.07) is 11.6. The lowest BCUT2D eigenvalue weighted by molar-refractivity contribution is -0.122. The van der Waals surface area contributed by atoms with Crippen molar-refractivity contribution in [1.29, 1.82) is 0 Å². The first kappa shape index (κ1) is 19.1. The minimum atomic E-state index is -0.577. The van der Waals surface area contributed by atoms with Gasteiger partial charge >= 0.3 is 0 Å². The molecule has 0 unspecified atom stereocenters. The van der Waals surface area contributed by atoms with Crippen molar-refractivity contribution in [2.75, 3.05) is 16.8 Å². The van der Waals surface area contributed by atoms with Crippen LogP contribution < -0.4 is 15.5 Å². The number of aryl methyl sites for hydroxylation is 1. The molecule has 0 radical (unpaired) electrons. The number of carbonyl (C=O) groups is 3. The highest BCUT2D eigenvalue weighted by Crippen LogP contribution is 2.28. The number of nitrogens with zero attached hydrogens (tertiary/aromatic N) is 1. The molecule has 4 rings (SSSR count). The van der Waals surface area contributed by atoms with Crippen LogP contribution in [0.3, 0.4) is 0 Å². The number of para-hydroxylation sites is 1. The Balaban J connectivity index is 1.46. The van der Waals surface area contributed by atoms with Crippen molar-refractivity contribution in [1.82, 2.24) is 5.32 Å². The average Bonchev–Trinajstić information content (AvgIpc) is 3.43. The zero-order valence-corrected chi connectivity index (χ0v) is 16.1. The Kier molecular flexibility index (Phi) is 5.05. The highest BCUT2D eigenvalue weighted by Gasteiger charge is 2.36. The maximum atomic E-state index is 13.9. The van der Waals surface area contributed by atoms with Gasteiger partial charge in [-0.25, -0.2) is 4.39 Å². The van der Waals surface area contributed by atoms with Crippen LogP contribution in [0.2, 0.25) is 0 Å². The summed E-state index contributed by atoms with van der Waals surface area (Å²) >= 11 is 0. The molecule has 2 aromatic carbocycles. The lowest BCUT2D eigenvalue weighted by Gasteiger charge is -2.17. The molecule has 0 spiro atoms. The van der Waals surface area contributed by atoms with Gasteiger partial charge in [0.2, 0.25) is 11.8 Å². The zero-order valence-electron chi connectivity index (χ0n) is 16.1. The second-order valence-corrected chi connectivity index (χ2v) is 7.62. The molecule has 1 saturated heterocycles. The monoisotopic (exact) mass is 395 g/mol. The standard InChI is InChI=1S/C22H22FN3O3/c1-13-6-9-16(11-18(13)23)26-12-14(10-20(26)27)21(28)25-19-5-3-2-4-17(19)22(29)24-15-7-8-15/h2-6,9,11,14-15H,7-8,10,12H2,1H3,(H,24,29)(H,25,28)/t14-/m0/s1. The molecular weight excluding hydrogens is 373 g/mol. The smallest absolute Gasteiger partial charge is 0.253 e. The lowest BCUT2D eigenvalue weighted by atomic mass is 10.1. The molecule has 1 atom stereocenters. The molecule has 6 nitrogen and oxygen atoms in total. The third kappa shape index (κ3) is 4.13. The predicted octanol–water partition coefficient (Wildman–Crippen LogP) is 3.02. The van der Waals surface area contributed by atoms with E-state index in [2.05, 4.69) is 10.6 Å². The molecule has 1 aliphatic carbocycles. The van der Waals surface area contributed by atoms with Crippen LogP contribution in [-0.4, -0.2) is 30.3 Å². The van der Waals surface area contributed by atoms with Gasteiger partial charge in [0, 0.05) is 24.7 Å². The van der Waals surface area contributed by atoms with Gasteiger partial charge in [-0.05, 0) is 49.6 Å². The molecule has 3 amide bonds. The van der Waals surface area contributed by atoms with Crippen LogP contribution in [0.1, 0.15) is 35.2 Å². The van der Waals surface area contributed by atoms with E-state index in [0.717, 1.165) is 12.8 Å². The van der Waals surface area contributed by atoms with Gasteiger partial charge in [0.05, 0.1) is 17.2 Å². The third-order valence-corrected chi connectivity index (χ3v) is 5.31. The first-order valence-electron chi connectivity index (χ1n) is 9.69. The summed E-state index contributed by atoms with van der Waals surface area (Å²) in [4.78, 5) is 39.0. The summed E-state index contributed by atoms with van der Waals surface area (Å²) in [5, 5.41) is 5.70. The Morgan fingerprint density at radius 3 is 2.62 bits per heavy atom. The molecule has 0 aromatic heterocycles. The van der Waals surface area contributed by atoms with E-state index in [1.54, 1.807) is 43.3 Å². The van der Waals surface area contributed by atoms with Gasteiger partial charge in [-0.3, -0.25) is 14.4 Å². The van der Waals surface area contributed by atoms with E-state index in [1.807, 2.05) is 0 Å². The van der Waals surface area contributed by atoms with Gasteiger partial charge in [0.1, 0.15) is 5.82 Å². The summed E-state index contributed by atoms with van der Waals surface area (Å²) in [7, 11) is 0. The highest BCUT2D eigenvalue weighted by molar-refractivity contribution is 6.07. The second-order valence-electron chi connectivity index (χ2n) is 7.62. The maximum Gasteiger partial charge on any atom is 0.253 e. The molecule has 1 heterocycles. The summed E-state index contributed by atoms with van der Waals surface area (Å²) in [6.07, 6.45) is 1.98. The fraction of sp³-hybridized carbons (Fsp3) is 0.318. The van der Waals surface area contributed by atoms with Crippen molar-refractivity contribution in [3.05, 3.63) is 59.4 Å². The van der Waals surface area contributed by atoms with Gasteiger partial charge in [-0.1, -0.05) is 18.2 Å². The van der Waals surface area contributed by atoms with Gasteiger partial charge in [-0.15, -0.1) is 0 Å². The fourth-order valence-electron chi connectivity index (χ4n) is 3.40. The Hall–Kier alpha value is -3.22. The van der Waals surface area contributed by atoms with E-state index in [0.29, 0.717) is 22.5 Å². The lowest BCUT2D eigenvalue weighted by Crippen LogP contribution is -2.30. The Bertz CT molecular complexity index is 987. The van der Waals surface area contributed by atoms with Crippen LogP contribution >= 0.6 is 0 Å². The summed E-state index contributed by atoms with van der Waals surface area (Å²) in [6.45, 7) is 1.82. The first-order chi connectivity index (χ1) is 13.9. The molecule has 1 aliphatic heterocycles. The van der Waals surface area contributed by atoms with E-state index in [4.69, 9.17) is 0 Å². The van der Waals surface area contributed by atoms with Crippen molar-refractivity contribution in [2.45, 2.75) is 32.2 Å². The molecule has 2 aliphatic rings. The summed E-state index contributed by atoms with van der Waals surface area (Å²) in [5.74, 6) is -1.75. The number of hydrogen-bond donors (Lipinski definition) is 2. The predicted molar refractivity (Wildman–Crippen MR) is 107 cm³/mol. The van der Waals surface area contributed by atoms with Crippen LogP contribution in [0.15, 0.2) is 42.5 Å². The largest absolute Gasteiger partial charge is 0.349 e. The molecule has 2 fully saturated rings. The number of rotatable bonds is 5. The van der Waals surface area contributed by atoms with E-state index in [9.17, 15) is 18.8 Å². The van der Waals surface area contributed by atoms with Gasteiger partial charge in [0.15, 0.2) is 0 Å². The maximum absolute atomic E-state index is 13.9. The van der Waals surface area contributed by atoms with Crippen LogP contribution in [0, 0.1) is 18.7 Å². The highest BCUT2D eigenvalue weighted by atomic mass is 19.1. The van der Waals surface area contributed by atoms with Crippen molar-refractivity contribution in [2.24, 2.45) is 5.92 Å². The SMILES string of the molecule is Cc1ccc(N2C[C@@H](C(=O)Nc3ccccc3C(=O)NC3CC3)CC2=O)cc1F. The Morgan fingerprint density at radius 1 is 1.14 bits per heavy atom. The molecule has 7 heteroatoms. The van der Waals surface area contributed by atoms with Crippen LogP contribution in [0.25, 0.3) is 0 Å². The van der Waals surface area contributed by atoms with Gasteiger partial charge in [-0.2, -0.15) is 0 Å². The summed E-state index contributed by atoms with van der Waals surface area (Å²) in [5.41, 5.74) is 1.76. The molecule has 1 saturated carbocycles. The number of benzene rings is 2. The molecule has 29 heavy (non-hydrogen) atoms. The van der Waals surface area contributed by atoms with Crippen LogP contribution in [-0.2, 0) is 9.59 Å². The Morgan fingerprint density at radius 2 is 1.90 bits per heavy atom. The first-order valence-corrected chi connectivity index (χ1v) is 9.69. The quantitative estimate of drug-likeness (QED) is 0.817. The number of hydrogen-bond acceptors (Lipinski definition) is 3. The zero-order chi connectivity index (χ0) is 20.5. The van der Waals surface area contributed by atoms with Gasteiger partial charge in [0.25, 0.3) is 5.91 Å². The molecule has 2 aromatic rings. The molecule has 2 N–H and O–H groups in total. The third-order valence-electron chi connectivity index (χ3n) is 5.31. The molecule has 150 valence electrons. The van der Waals surface area contributed by atoms with Crippen molar-refractivity contribution in [3.8, 4) is 0 Å².